The fourth-order valence-electron chi connectivity index (χ4n) is 2.63. The molecule has 19 heavy (non-hydrogen) atoms. The van der Waals surface area contributed by atoms with Crippen molar-refractivity contribution in [3.05, 3.63) is 35.4 Å². The normalized spacial score (nSPS) is 16.9. The van der Waals surface area contributed by atoms with E-state index in [2.05, 4.69) is 34.3 Å². The fourth-order valence-corrected chi connectivity index (χ4v) is 2.63. The lowest BCUT2D eigenvalue weighted by Crippen LogP contribution is -2.27. The Morgan fingerprint density at radius 2 is 1.79 bits per heavy atom. The maximum absolute atomic E-state index is 8.47. The van der Waals surface area contributed by atoms with Gasteiger partial charge in [-0.3, -0.25) is 0 Å². The first-order valence-electron chi connectivity index (χ1n) is 7.05. The molecule has 0 aromatic heterocycles. The van der Waals surface area contributed by atoms with Crippen molar-refractivity contribution in [1.29, 1.82) is 0 Å². The lowest BCUT2D eigenvalue weighted by Gasteiger charge is -2.19. The molecular formula is C15H23N3O. The Balaban J connectivity index is 1.73. The van der Waals surface area contributed by atoms with Gasteiger partial charge in [0.1, 0.15) is 5.84 Å². The lowest BCUT2D eigenvalue weighted by molar-refractivity contribution is 0.281. The van der Waals surface area contributed by atoms with Gasteiger partial charge in [0.15, 0.2) is 0 Å². The van der Waals surface area contributed by atoms with Gasteiger partial charge in [0.25, 0.3) is 0 Å². The Hall–Kier alpha value is -1.55. The van der Waals surface area contributed by atoms with E-state index in [1.807, 2.05) is 0 Å². The molecule has 0 unspecified atom stereocenters. The van der Waals surface area contributed by atoms with Crippen LogP contribution in [0.1, 0.15) is 30.4 Å². The minimum atomic E-state index is 0.336. The van der Waals surface area contributed by atoms with E-state index >= 15 is 0 Å². The number of benzene rings is 1. The summed E-state index contributed by atoms with van der Waals surface area (Å²) in [5, 5.41) is 11.5. The minimum absolute atomic E-state index is 0.336. The molecule has 1 aromatic rings. The van der Waals surface area contributed by atoms with Crippen LogP contribution in [0.2, 0.25) is 0 Å². The Bertz CT molecular complexity index is 404. The zero-order valence-corrected chi connectivity index (χ0v) is 11.4. The van der Waals surface area contributed by atoms with Gasteiger partial charge in [0, 0.05) is 19.5 Å². The van der Waals surface area contributed by atoms with E-state index in [9.17, 15) is 0 Å². The van der Waals surface area contributed by atoms with Crippen LogP contribution in [0, 0.1) is 0 Å². The van der Waals surface area contributed by atoms with Crippen LogP contribution in [-0.2, 0) is 12.8 Å². The average Bonchev–Trinajstić information content (AvgIpc) is 2.66. The molecule has 1 aliphatic heterocycles. The third-order valence-corrected chi connectivity index (χ3v) is 3.80. The van der Waals surface area contributed by atoms with E-state index in [1.165, 1.54) is 11.1 Å². The number of nitrogens with zero attached hydrogens (tertiary/aromatic N) is 2. The van der Waals surface area contributed by atoms with E-state index in [0.717, 1.165) is 45.3 Å². The quantitative estimate of drug-likeness (QED) is 0.280. The molecule has 0 saturated heterocycles. The van der Waals surface area contributed by atoms with Crippen LogP contribution in [-0.4, -0.2) is 35.6 Å². The van der Waals surface area contributed by atoms with Crippen LogP contribution in [0.25, 0.3) is 0 Å². The topological polar surface area (TPSA) is 61.8 Å². The molecule has 0 spiro atoms. The summed E-state index contributed by atoms with van der Waals surface area (Å²) in [7, 11) is 0. The van der Waals surface area contributed by atoms with Crippen LogP contribution in [0.4, 0.5) is 0 Å². The maximum Gasteiger partial charge on any atom is 0.139 e. The minimum Gasteiger partial charge on any atom is -0.409 e. The Morgan fingerprint density at radius 3 is 2.37 bits per heavy atom. The molecule has 1 heterocycles. The summed E-state index contributed by atoms with van der Waals surface area (Å²) in [5.41, 5.74) is 8.46. The first kappa shape index (κ1) is 13.9. The SMILES string of the molecule is NC(CCCCN1CCc2ccccc2CC1)=NO. The van der Waals surface area contributed by atoms with Gasteiger partial charge in [-0.25, -0.2) is 0 Å². The molecule has 1 aromatic carbocycles. The highest BCUT2D eigenvalue weighted by molar-refractivity contribution is 5.79. The van der Waals surface area contributed by atoms with Crippen LogP contribution < -0.4 is 5.73 Å². The van der Waals surface area contributed by atoms with E-state index in [0.29, 0.717) is 12.3 Å². The molecule has 0 radical (unpaired) electrons. The van der Waals surface area contributed by atoms with Gasteiger partial charge in [-0.05, 0) is 43.4 Å². The fraction of sp³-hybridized carbons (Fsp3) is 0.533. The molecule has 4 nitrogen and oxygen atoms in total. The number of amidine groups is 1. The number of unbranched alkanes of at least 4 members (excludes halogenated alkanes) is 1. The molecule has 0 amide bonds. The van der Waals surface area contributed by atoms with Crippen molar-refractivity contribution in [3.63, 3.8) is 0 Å². The molecule has 0 fully saturated rings. The van der Waals surface area contributed by atoms with Gasteiger partial charge in [-0.15, -0.1) is 0 Å². The predicted molar refractivity (Wildman–Crippen MR) is 77.5 cm³/mol. The van der Waals surface area contributed by atoms with Crippen LogP contribution >= 0.6 is 0 Å². The van der Waals surface area contributed by atoms with Gasteiger partial charge in [0.05, 0.1) is 0 Å². The van der Waals surface area contributed by atoms with E-state index in [1.54, 1.807) is 0 Å². The number of hydrogen-bond acceptors (Lipinski definition) is 3. The van der Waals surface area contributed by atoms with Gasteiger partial charge < -0.3 is 15.8 Å². The summed E-state index contributed by atoms with van der Waals surface area (Å²) < 4.78 is 0. The second-order valence-corrected chi connectivity index (χ2v) is 5.16. The number of fused-ring (bicyclic) bond motifs is 1. The summed E-state index contributed by atoms with van der Waals surface area (Å²) in [6.07, 6.45) is 5.07. The van der Waals surface area contributed by atoms with Crippen molar-refractivity contribution in [2.75, 3.05) is 19.6 Å². The summed E-state index contributed by atoms with van der Waals surface area (Å²) in [6, 6.07) is 8.76. The molecule has 0 bridgehead atoms. The molecule has 0 aliphatic carbocycles. The van der Waals surface area contributed by atoms with Crippen molar-refractivity contribution in [2.45, 2.75) is 32.1 Å². The molecule has 1 aliphatic rings. The number of oxime groups is 1. The Labute approximate surface area is 114 Å². The monoisotopic (exact) mass is 261 g/mol. The van der Waals surface area contributed by atoms with Crippen molar-refractivity contribution in [3.8, 4) is 0 Å². The molecule has 0 saturated carbocycles. The molecule has 104 valence electrons. The van der Waals surface area contributed by atoms with Gasteiger partial charge >= 0.3 is 0 Å². The van der Waals surface area contributed by atoms with Crippen molar-refractivity contribution < 1.29 is 5.21 Å². The molecular weight excluding hydrogens is 238 g/mol. The zero-order chi connectivity index (χ0) is 13.5. The lowest BCUT2D eigenvalue weighted by atomic mass is 10.0. The highest BCUT2D eigenvalue weighted by Crippen LogP contribution is 2.15. The first-order chi connectivity index (χ1) is 9.29. The van der Waals surface area contributed by atoms with Gasteiger partial charge in [-0.1, -0.05) is 29.4 Å². The van der Waals surface area contributed by atoms with Crippen molar-refractivity contribution in [2.24, 2.45) is 10.9 Å². The van der Waals surface area contributed by atoms with E-state index in [-0.39, 0.29) is 0 Å². The first-order valence-corrected chi connectivity index (χ1v) is 7.05. The summed E-state index contributed by atoms with van der Waals surface area (Å²) in [6.45, 7) is 3.38. The molecule has 4 heteroatoms. The summed E-state index contributed by atoms with van der Waals surface area (Å²) in [4.78, 5) is 2.52. The average molecular weight is 261 g/mol. The molecule has 2 rings (SSSR count). The van der Waals surface area contributed by atoms with E-state index in [4.69, 9.17) is 10.9 Å². The third kappa shape index (κ3) is 4.24. The largest absolute Gasteiger partial charge is 0.409 e. The highest BCUT2D eigenvalue weighted by Gasteiger charge is 2.12. The number of nitrogens with two attached hydrogens (primary N) is 1. The summed E-state index contributed by atoms with van der Waals surface area (Å²) in [5.74, 6) is 0.336. The molecule has 0 atom stereocenters. The second-order valence-electron chi connectivity index (χ2n) is 5.16. The standard InChI is InChI=1S/C15H23N3O/c16-15(17-19)7-3-4-10-18-11-8-13-5-1-2-6-14(13)9-12-18/h1-2,5-6,19H,3-4,7-12H2,(H2,16,17). The zero-order valence-electron chi connectivity index (χ0n) is 11.4. The van der Waals surface area contributed by atoms with Crippen molar-refractivity contribution >= 4 is 5.84 Å². The highest BCUT2D eigenvalue weighted by atomic mass is 16.4. The third-order valence-electron chi connectivity index (χ3n) is 3.80. The Morgan fingerprint density at radius 1 is 1.16 bits per heavy atom. The van der Waals surface area contributed by atoms with Crippen LogP contribution in [0.5, 0.6) is 0 Å². The number of hydrogen-bond donors (Lipinski definition) is 2. The van der Waals surface area contributed by atoms with Crippen LogP contribution in [0.3, 0.4) is 0 Å². The second kappa shape index (κ2) is 7.14. The van der Waals surface area contributed by atoms with E-state index < -0.39 is 0 Å². The number of rotatable bonds is 5. The predicted octanol–water partition coefficient (Wildman–Crippen LogP) is 2.00. The molecule has 3 N–H and O–H groups in total. The van der Waals surface area contributed by atoms with Crippen LogP contribution in [0.15, 0.2) is 29.4 Å². The van der Waals surface area contributed by atoms with Gasteiger partial charge in [-0.2, -0.15) is 0 Å². The van der Waals surface area contributed by atoms with Gasteiger partial charge in [0.2, 0.25) is 0 Å². The van der Waals surface area contributed by atoms with Crippen molar-refractivity contribution in [1.82, 2.24) is 4.90 Å². The summed E-state index contributed by atoms with van der Waals surface area (Å²) >= 11 is 0. The smallest absolute Gasteiger partial charge is 0.139 e. The Kier molecular flexibility index (Phi) is 5.21. The maximum atomic E-state index is 8.47.